The van der Waals surface area contributed by atoms with Gasteiger partial charge >= 0.3 is 0 Å². The first-order valence-corrected chi connectivity index (χ1v) is 8.49. The Kier molecular flexibility index (Phi) is 3.74. The molecule has 118 valence electrons. The highest BCUT2D eigenvalue weighted by molar-refractivity contribution is 6.35. The monoisotopic (exact) mass is 345 g/mol. The molecule has 4 rings (SSSR count). The second-order valence-electron chi connectivity index (χ2n) is 6.07. The summed E-state index contributed by atoms with van der Waals surface area (Å²) in [7, 11) is 1.72. The smallest absolute Gasteiger partial charge is 0.124 e. The summed E-state index contributed by atoms with van der Waals surface area (Å²) in [5.74, 6) is 1.65. The average Bonchev–Trinajstić information content (AvgIpc) is 3.02. The molecule has 1 aliphatic carbocycles. The molecule has 4 heteroatoms. The summed E-state index contributed by atoms with van der Waals surface area (Å²) < 4.78 is 5.57. The molecule has 23 heavy (non-hydrogen) atoms. The number of nitrogens with one attached hydrogen (secondary N) is 1. The number of rotatable bonds is 2. The highest BCUT2D eigenvalue weighted by Gasteiger charge is 2.40. The van der Waals surface area contributed by atoms with Crippen molar-refractivity contribution >= 4 is 28.9 Å². The second-order valence-corrected chi connectivity index (χ2v) is 6.91. The molecule has 1 aliphatic heterocycles. The van der Waals surface area contributed by atoms with E-state index >= 15 is 0 Å². The van der Waals surface area contributed by atoms with E-state index in [1.807, 2.05) is 24.3 Å². The molecule has 3 atom stereocenters. The first kappa shape index (κ1) is 14.9. The van der Waals surface area contributed by atoms with Gasteiger partial charge in [-0.25, -0.2) is 0 Å². The summed E-state index contributed by atoms with van der Waals surface area (Å²) in [4.78, 5) is 0. The number of anilines is 1. The molecule has 0 radical (unpaired) electrons. The molecule has 2 aromatic rings. The van der Waals surface area contributed by atoms with Crippen LogP contribution in [0.15, 0.2) is 48.6 Å². The number of hydrogen-bond donors (Lipinski definition) is 1. The Morgan fingerprint density at radius 2 is 2.00 bits per heavy atom. The lowest BCUT2D eigenvalue weighted by atomic mass is 9.77. The van der Waals surface area contributed by atoms with Gasteiger partial charge in [-0.15, -0.1) is 0 Å². The molecule has 0 aromatic heterocycles. The molecule has 2 nitrogen and oxygen atoms in total. The fourth-order valence-corrected chi connectivity index (χ4v) is 4.49. The largest absolute Gasteiger partial charge is 0.496 e. The van der Waals surface area contributed by atoms with Crippen LogP contribution in [0.1, 0.15) is 29.5 Å². The van der Waals surface area contributed by atoms with Crippen LogP contribution in [-0.4, -0.2) is 7.11 Å². The van der Waals surface area contributed by atoms with Crippen LogP contribution in [-0.2, 0) is 0 Å². The Morgan fingerprint density at radius 1 is 1.17 bits per heavy atom. The van der Waals surface area contributed by atoms with E-state index in [0.29, 0.717) is 16.9 Å². The van der Waals surface area contributed by atoms with Gasteiger partial charge < -0.3 is 10.1 Å². The first-order chi connectivity index (χ1) is 11.2. The summed E-state index contributed by atoms with van der Waals surface area (Å²) >= 11 is 12.7. The number of halogens is 2. The van der Waals surface area contributed by atoms with E-state index in [4.69, 9.17) is 27.9 Å². The van der Waals surface area contributed by atoms with Crippen molar-refractivity contribution in [3.63, 3.8) is 0 Å². The zero-order valence-corrected chi connectivity index (χ0v) is 14.2. The molecular formula is C19H17Cl2NO. The maximum atomic E-state index is 6.48. The van der Waals surface area contributed by atoms with Crippen molar-refractivity contribution in [2.75, 3.05) is 12.4 Å². The Labute approximate surface area is 146 Å². The van der Waals surface area contributed by atoms with Gasteiger partial charge in [0.15, 0.2) is 0 Å². The quantitative estimate of drug-likeness (QED) is 0.691. The normalized spacial score (nSPS) is 24.7. The molecule has 0 spiro atoms. The van der Waals surface area contributed by atoms with E-state index in [-0.39, 0.29) is 6.04 Å². The van der Waals surface area contributed by atoms with E-state index in [9.17, 15) is 0 Å². The van der Waals surface area contributed by atoms with Crippen molar-refractivity contribution in [3.8, 4) is 5.75 Å². The Bertz CT molecular complexity index is 787. The van der Waals surface area contributed by atoms with Gasteiger partial charge in [-0.05, 0) is 30.5 Å². The number of allylic oxidation sites excluding steroid dienone is 2. The minimum atomic E-state index is 0.174. The standard InChI is InChI=1S/C19H17Cl2NO/c1-23-17-8-3-2-5-14(17)19-13-7-4-6-12(13)18-15(21)9-11(20)10-16(18)22-19/h2-6,8-10,12-13,19,22H,7H2,1H3. The molecular weight excluding hydrogens is 329 g/mol. The van der Waals surface area contributed by atoms with E-state index in [1.54, 1.807) is 7.11 Å². The third-order valence-corrected chi connectivity index (χ3v) is 5.38. The molecule has 3 unspecified atom stereocenters. The number of benzene rings is 2. The topological polar surface area (TPSA) is 21.3 Å². The Hall–Kier alpha value is -1.64. The number of hydrogen-bond acceptors (Lipinski definition) is 2. The molecule has 2 aromatic carbocycles. The highest BCUT2D eigenvalue weighted by Crippen LogP contribution is 2.53. The van der Waals surface area contributed by atoms with Gasteiger partial charge in [0.2, 0.25) is 0 Å². The van der Waals surface area contributed by atoms with Crippen LogP contribution in [0, 0.1) is 5.92 Å². The molecule has 1 N–H and O–H groups in total. The van der Waals surface area contributed by atoms with Gasteiger partial charge in [-0.1, -0.05) is 53.6 Å². The SMILES string of the molecule is COc1ccccc1C1Nc2cc(Cl)cc(Cl)c2C2C=CCC21. The van der Waals surface area contributed by atoms with Crippen molar-refractivity contribution in [3.05, 3.63) is 69.7 Å². The summed E-state index contributed by atoms with van der Waals surface area (Å²) in [5, 5.41) is 5.04. The molecule has 0 saturated heterocycles. The number of para-hydroxylation sites is 1. The zero-order valence-electron chi connectivity index (χ0n) is 12.7. The molecule has 1 heterocycles. The first-order valence-electron chi connectivity index (χ1n) is 7.74. The highest BCUT2D eigenvalue weighted by atomic mass is 35.5. The molecule has 0 fully saturated rings. The van der Waals surface area contributed by atoms with Crippen LogP contribution < -0.4 is 10.1 Å². The van der Waals surface area contributed by atoms with Crippen molar-refractivity contribution < 1.29 is 4.74 Å². The van der Waals surface area contributed by atoms with E-state index in [1.165, 1.54) is 5.56 Å². The summed E-state index contributed by atoms with van der Waals surface area (Å²) in [6, 6.07) is 12.2. The van der Waals surface area contributed by atoms with E-state index in [2.05, 4.69) is 29.6 Å². The molecule has 0 amide bonds. The lowest BCUT2D eigenvalue weighted by Crippen LogP contribution is -2.29. The van der Waals surface area contributed by atoms with Gasteiger partial charge in [-0.3, -0.25) is 0 Å². The van der Waals surface area contributed by atoms with Gasteiger partial charge in [0.05, 0.1) is 13.2 Å². The Balaban J connectivity index is 1.85. The zero-order chi connectivity index (χ0) is 16.0. The van der Waals surface area contributed by atoms with Crippen molar-refractivity contribution in [1.82, 2.24) is 0 Å². The number of methoxy groups -OCH3 is 1. The third kappa shape index (κ3) is 2.41. The van der Waals surface area contributed by atoms with Crippen LogP contribution in [0.5, 0.6) is 5.75 Å². The van der Waals surface area contributed by atoms with Crippen LogP contribution >= 0.6 is 23.2 Å². The van der Waals surface area contributed by atoms with E-state index in [0.717, 1.165) is 28.4 Å². The summed E-state index contributed by atoms with van der Waals surface area (Å²) in [5.41, 5.74) is 3.35. The van der Waals surface area contributed by atoms with Crippen LogP contribution in [0.4, 0.5) is 5.69 Å². The predicted octanol–water partition coefficient (Wildman–Crippen LogP) is 5.83. The predicted molar refractivity (Wildman–Crippen MR) is 95.8 cm³/mol. The lowest BCUT2D eigenvalue weighted by Gasteiger charge is -2.38. The van der Waals surface area contributed by atoms with Gasteiger partial charge in [0.1, 0.15) is 5.75 Å². The van der Waals surface area contributed by atoms with Crippen LogP contribution in [0.2, 0.25) is 10.0 Å². The van der Waals surface area contributed by atoms with Crippen LogP contribution in [0.3, 0.4) is 0 Å². The maximum absolute atomic E-state index is 6.48. The Morgan fingerprint density at radius 3 is 2.83 bits per heavy atom. The summed E-state index contributed by atoms with van der Waals surface area (Å²) in [6.07, 6.45) is 5.55. The van der Waals surface area contributed by atoms with Crippen molar-refractivity contribution in [1.29, 1.82) is 0 Å². The molecule has 0 bridgehead atoms. The fourth-order valence-electron chi connectivity index (χ4n) is 3.87. The fraction of sp³-hybridized carbons (Fsp3) is 0.263. The van der Waals surface area contributed by atoms with Gasteiger partial charge in [0, 0.05) is 32.8 Å². The van der Waals surface area contributed by atoms with Crippen LogP contribution in [0.25, 0.3) is 0 Å². The second kappa shape index (κ2) is 5.77. The number of ether oxygens (including phenoxy) is 1. The molecule has 0 saturated carbocycles. The van der Waals surface area contributed by atoms with Crippen molar-refractivity contribution in [2.24, 2.45) is 5.92 Å². The third-order valence-electron chi connectivity index (χ3n) is 4.85. The lowest BCUT2D eigenvalue weighted by molar-refractivity contribution is 0.381. The van der Waals surface area contributed by atoms with Gasteiger partial charge in [0.25, 0.3) is 0 Å². The molecule has 2 aliphatic rings. The average molecular weight is 346 g/mol. The van der Waals surface area contributed by atoms with Gasteiger partial charge in [-0.2, -0.15) is 0 Å². The van der Waals surface area contributed by atoms with Crippen molar-refractivity contribution in [2.45, 2.75) is 18.4 Å². The maximum Gasteiger partial charge on any atom is 0.124 e. The van der Waals surface area contributed by atoms with E-state index < -0.39 is 0 Å². The number of fused-ring (bicyclic) bond motifs is 3. The minimum absolute atomic E-state index is 0.174. The minimum Gasteiger partial charge on any atom is -0.496 e. The summed E-state index contributed by atoms with van der Waals surface area (Å²) in [6.45, 7) is 0.